The Morgan fingerprint density at radius 3 is 3.00 bits per heavy atom. The third-order valence-electron chi connectivity index (χ3n) is 4.38. The first kappa shape index (κ1) is 17.3. The number of H-pyrrole nitrogens is 1. The predicted molar refractivity (Wildman–Crippen MR) is 105 cm³/mol. The lowest BCUT2D eigenvalue weighted by atomic mass is 10.0. The summed E-state index contributed by atoms with van der Waals surface area (Å²) in [6.07, 6.45) is 6.11. The van der Waals surface area contributed by atoms with Crippen molar-refractivity contribution in [1.82, 2.24) is 25.0 Å². The molecule has 0 fully saturated rings. The quantitative estimate of drug-likeness (QED) is 0.478. The van der Waals surface area contributed by atoms with Crippen LogP contribution in [-0.2, 0) is 22.6 Å². The van der Waals surface area contributed by atoms with Crippen molar-refractivity contribution in [1.29, 1.82) is 0 Å². The van der Waals surface area contributed by atoms with Gasteiger partial charge in [-0.25, -0.2) is 4.98 Å². The van der Waals surface area contributed by atoms with Gasteiger partial charge in [0, 0.05) is 48.2 Å². The monoisotopic (exact) mass is 381 g/mol. The normalized spacial score (nSPS) is 12.3. The van der Waals surface area contributed by atoms with Gasteiger partial charge in [-0.2, -0.15) is 0 Å². The Balaban J connectivity index is 1.47. The molecule has 3 heterocycles. The average molecular weight is 381 g/mol. The van der Waals surface area contributed by atoms with E-state index in [-0.39, 0.29) is 11.8 Å². The molecule has 4 rings (SSSR count). The van der Waals surface area contributed by atoms with Crippen LogP contribution in [0.1, 0.15) is 18.2 Å². The SMILES string of the molecule is CC(=O)NC(Cc1c[nH]c2ccccc12)C(=O)NCc1cn2ccsc2n1. The number of hydrogen-bond donors (Lipinski definition) is 3. The summed E-state index contributed by atoms with van der Waals surface area (Å²) in [5.74, 6) is -0.468. The topological polar surface area (TPSA) is 91.3 Å². The number of nitrogens with one attached hydrogen (secondary N) is 3. The highest BCUT2D eigenvalue weighted by Gasteiger charge is 2.21. The van der Waals surface area contributed by atoms with E-state index >= 15 is 0 Å². The number of hydrogen-bond acceptors (Lipinski definition) is 4. The maximum atomic E-state index is 12.7. The Morgan fingerprint density at radius 2 is 2.19 bits per heavy atom. The number of para-hydroxylation sites is 1. The van der Waals surface area contributed by atoms with Crippen molar-refractivity contribution in [3.63, 3.8) is 0 Å². The lowest BCUT2D eigenvalue weighted by Crippen LogP contribution is -2.47. The molecule has 138 valence electrons. The third-order valence-corrected chi connectivity index (χ3v) is 5.15. The number of carbonyl (C=O) groups excluding carboxylic acids is 2. The highest BCUT2D eigenvalue weighted by Crippen LogP contribution is 2.19. The number of benzene rings is 1. The van der Waals surface area contributed by atoms with Crippen molar-refractivity contribution < 1.29 is 9.59 Å². The van der Waals surface area contributed by atoms with E-state index in [2.05, 4.69) is 20.6 Å². The molecule has 1 aromatic carbocycles. The van der Waals surface area contributed by atoms with E-state index in [1.807, 2.05) is 52.6 Å². The van der Waals surface area contributed by atoms with Crippen LogP contribution in [0, 0.1) is 0 Å². The van der Waals surface area contributed by atoms with Gasteiger partial charge >= 0.3 is 0 Å². The van der Waals surface area contributed by atoms with Crippen molar-refractivity contribution in [2.75, 3.05) is 0 Å². The van der Waals surface area contributed by atoms with E-state index in [1.54, 1.807) is 0 Å². The molecule has 1 atom stereocenters. The van der Waals surface area contributed by atoms with Crippen LogP contribution < -0.4 is 10.6 Å². The van der Waals surface area contributed by atoms with Gasteiger partial charge in [-0.1, -0.05) is 18.2 Å². The summed E-state index contributed by atoms with van der Waals surface area (Å²) in [5, 5.41) is 8.64. The summed E-state index contributed by atoms with van der Waals surface area (Å²) in [4.78, 5) is 32.8. The van der Waals surface area contributed by atoms with Crippen LogP contribution in [0.15, 0.2) is 48.2 Å². The number of aromatic amines is 1. The molecule has 0 aliphatic rings. The van der Waals surface area contributed by atoms with Crippen LogP contribution in [0.4, 0.5) is 0 Å². The Labute approximate surface area is 159 Å². The van der Waals surface area contributed by atoms with Crippen LogP contribution in [0.5, 0.6) is 0 Å². The molecule has 0 bridgehead atoms. The number of carbonyl (C=O) groups is 2. The van der Waals surface area contributed by atoms with Crippen molar-refractivity contribution >= 4 is 39.0 Å². The minimum Gasteiger partial charge on any atom is -0.361 e. The van der Waals surface area contributed by atoms with E-state index < -0.39 is 6.04 Å². The highest BCUT2D eigenvalue weighted by atomic mass is 32.1. The molecule has 0 aliphatic heterocycles. The molecule has 4 aromatic rings. The summed E-state index contributed by atoms with van der Waals surface area (Å²) in [7, 11) is 0. The molecule has 7 nitrogen and oxygen atoms in total. The van der Waals surface area contributed by atoms with E-state index in [9.17, 15) is 9.59 Å². The van der Waals surface area contributed by atoms with E-state index in [1.165, 1.54) is 18.3 Å². The summed E-state index contributed by atoms with van der Waals surface area (Å²) in [5.41, 5.74) is 2.78. The van der Waals surface area contributed by atoms with Crippen molar-refractivity contribution in [3.05, 3.63) is 59.5 Å². The lowest BCUT2D eigenvalue weighted by molar-refractivity contribution is -0.128. The summed E-state index contributed by atoms with van der Waals surface area (Å²) < 4.78 is 1.92. The molecule has 0 saturated carbocycles. The largest absolute Gasteiger partial charge is 0.361 e. The zero-order chi connectivity index (χ0) is 18.8. The molecule has 27 heavy (non-hydrogen) atoms. The maximum absolute atomic E-state index is 12.7. The van der Waals surface area contributed by atoms with Gasteiger partial charge in [-0.05, 0) is 11.6 Å². The highest BCUT2D eigenvalue weighted by molar-refractivity contribution is 7.15. The van der Waals surface area contributed by atoms with Gasteiger partial charge in [0.25, 0.3) is 0 Å². The Hall–Kier alpha value is -3.13. The molecule has 0 aliphatic carbocycles. The molecule has 2 amide bonds. The number of thiazole rings is 1. The van der Waals surface area contributed by atoms with Gasteiger partial charge in [0.15, 0.2) is 4.96 Å². The van der Waals surface area contributed by atoms with Crippen molar-refractivity contribution in [3.8, 4) is 0 Å². The molecule has 1 unspecified atom stereocenters. The molecule has 3 aromatic heterocycles. The fourth-order valence-electron chi connectivity index (χ4n) is 3.14. The first-order chi connectivity index (χ1) is 13.1. The fourth-order valence-corrected chi connectivity index (χ4v) is 3.86. The van der Waals surface area contributed by atoms with E-state index in [0.29, 0.717) is 13.0 Å². The zero-order valence-electron chi connectivity index (χ0n) is 14.7. The Morgan fingerprint density at radius 1 is 1.33 bits per heavy atom. The van der Waals surface area contributed by atoms with Crippen LogP contribution >= 0.6 is 11.3 Å². The number of imidazole rings is 1. The Bertz CT molecular complexity index is 1080. The first-order valence-electron chi connectivity index (χ1n) is 8.61. The van der Waals surface area contributed by atoms with Gasteiger partial charge in [0.2, 0.25) is 11.8 Å². The third kappa shape index (κ3) is 3.70. The van der Waals surface area contributed by atoms with Gasteiger partial charge in [-0.15, -0.1) is 11.3 Å². The second-order valence-corrected chi connectivity index (χ2v) is 7.23. The number of aromatic nitrogens is 3. The molecular weight excluding hydrogens is 362 g/mol. The molecule has 8 heteroatoms. The van der Waals surface area contributed by atoms with Crippen LogP contribution in [0.3, 0.4) is 0 Å². The van der Waals surface area contributed by atoms with Crippen LogP contribution in [0.25, 0.3) is 15.9 Å². The second-order valence-electron chi connectivity index (χ2n) is 6.36. The minimum absolute atomic E-state index is 0.230. The second kappa shape index (κ2) is 7.24. The number of rotatable bonds is 6. The average Bonchev–Trinajstić information content (AvgIpc) is 3.33. The van der Waals surface area contributed by atoms with Crippen LogP contribution in [0.2, 0.25) is 0 Å². The Kier molecular flexibility index (Phi) is 4.64. The molecule has 0 radical (unpaired) electrons. The molecule has 0 spiro atoms. The molecule has 0 saturated heterocycles. The van der Waals surface area contributed by atoms with Crippen molar-refractivity contribution in [2.45, 2.75) is 25.9 Å². The summed E-state index contributed by atoms with van der Waals surface area (Å²) in [6, 6.07) is 7.25. The zero-order valence-corrected chi connectivity index (χ0v) is 15.5. The maximum Gasteiger partial charge on any atom is 0.243 e. The molecular formula is C19H19N5O2S. The van der Waals surface area contributed by atoms with E-state index in [0.717, 1.165) is 27.1 Å². The van der Waals surface area contributed by atoms with Gasteiger partial charge in [0.05, 0.1) is 12.2 Å². The van der Waals surface area contributed by atoms with Gasteiger partial charge in [-0.3, -0.25) is 14.0 Å². The summed E-state index contributed by atoms with van der Waals surface area (Å²) in [6.45, 7) is 1.73. The standard InChI is InChI=1S/C19H19N5O2S/c1-12(25)22-17(8-13-9-20-16-5-3-2-4-15(13)16)18(26)21-10-14-11-24-6-7-27-19(24)23-14/h2-7,9,11,17,20H,8,10H2,1H3,(H,21,26)(H,22,25). The first-order valence-corrected chi connectivity index (χ1v) is 9.49. The van der Waals surface area contributed by atoms with Gasteiger partial charge in [0.1, 0.15) is 6.04 Å². The predicted octanol–water partition coefficient (Wildman–Crippen LogP) is 2.24. The molecule has 3 N–H and O–H groups in total. The number of fused-ring (bicyclic) bond motifs is 2. The van der Waals surface area contributed by atoms with Crippen LogP contribution in [-0.4, -0.2) is 32.2 Å². The minimum atomic E-state index is -0.648. The lowest BCUT2D eigenvalue weighted by Gasteiger charge is -2.17. The summed E-state index contributed by atoms with van der Waals surface area (Å²) >= 11 is 1.54. The fraction of sp³-hybridized carbons (Fsp3) is 0.211. The number of nitrogens with zero attached hydrogens (tertiary/aromatic N) is 2. The van der Waals surface area contributed by atoms with Crippen molar-refractivity contribution in [2.24, 2.45) is 0 Å². The number of amides is 2. The van der Waals surface area contributed by atoms with Gasteiger partial charge < -0.3 is 15.6 Å². The van der Waals surface area contributed by atoms with E-state index in [4.69, 9.17) is 0 Å². The smallest absolute Gasteiger partial charge is 0.243 e.